The van der Waals surface area contributed by atoms with Gasteiger partial charge in [-0.15, -0.1) is 0 Å². The van der Waals surface area contributed by atoms with Crippen LogP contribution in [0.15, 0.2) is 24.3 Å². The summed E-state index contributed by atoms with van der Waals surface area (Å²) in [6, 6.07) is 6.79. The van der Waals surface area contributed by atoms with Crippen molar-refractivity contribution in [2.45, 2.75) is 46.6 Å². The molecule has 1 rings (SSSR count). The topological polar surface area (TPSA) is 75.7 Å². The molecule has 132 valence electrons. The van der Waals surface area contributed by atoms with Gasteiger partial charge in [-0.2, -0.15) is 0 Å². The molecule has 1 unspecified atom stereocenters. The predicted molar refractivity (Wildman–Crippen MR) is 92.8 cm³/mol. The minimum atomic E-state index is -0.314. The number of hydrogen-bond acceptors (Lipinski definition) is 4. The molecule has 0 radical (unpaired) electrons. The van der Waals surface area contributed by atoms with Crippen LogP contribution in [-0.2, 0) is 14.3 Å². The highest BCUT2D eigenvalue weighted by atomic mass is 16.5. The maximum atomic E-state index is 12.8. The smallest absolute Gasteiger partial charge is 0.307 e. The van der Waals surface area contributed by atoms with E-state index in [4.69, 9.17) is 4.74 Å². The average molecular weight is 334 g/mol. The fourth-order valence-electron chi connectivity index (χ4n) is 2.29. The maximum absolute atomic E-state index is 12.8. The second kappa shape index (κ2) is 9.70. The quantitative estimate of drug-likeness (QED) is 0.742. The van der Waals surface area contributed by atoms with Crippen LogP contribution in [-0.4, -0.2) is 41.9 Å². The molecule has 1 atom stereocenters. The second-order valence-corrected chi connectivity index (χ2v) is 5.57. The number of benzene rings is 1. The second-order valence-electron chi connectivity index (χ2n) is 5.57. The lowest BCUT2D eigenvalue weighted by Gasteiger charge is -2.28. The molecular formula is C18H26N2O4. The summed E-state index contributed by atoms with van der Waals surface area (Å²) in [7, 11) is 0. The van der Waals surface area contributed by atoms with Crippen molar-refractivity contribution >= 4 is 23.5 Å². The number of amides is 2. The number of ether oxygens (including phenoxy) is 1. The Morgan fingerprint density at radius 2 is 1.96 bits per heavy atom. The van der Waals surface area contributed by atoms with Crippen molar-refractivity contribution in [1.82, 2.24) is 4.90 Å². The lowest BCUT2D eigenvalue weighted by molar-refractivity contribution is -0.143. The highest BCUT2D eigenvalue weighted by molar-refractivity contribution is 5.97. The molecule has 6 heteroatoms. The lowest BCUT2D eigenvalue weighted by atomic mass is 10.1. The number of carbonyl (C=O) groups excluding carboxylic acids is 3. The molecule has 0 heterocycles. The largest absolute Gasteiger partial charge is 0.466 e. The van der Waals surface area contributed by atoms with Crippen LogP contribution >= 0.6 is 0 Å². The van der Waals surface area contributed by atoms with E-state index in [0.717, 1.165) is 6.42 Å². The Labute approximate surface area is 143 Å². The first kappa shape index (κ1) is 19.7. The summed E-state index contributed by atoms with van der Waals surface area (Å²) in [6.07, 6.45) is 0.940. The summed E-state index contributed by atoms with van der Waals surface area (Å²) >= 11 is 0. The normalized spacial score (nSPS) is 11.5. The summed E-state index contributed by atoms with van der Waals surface area (Å²) < 4.78 is 4.93. The number of hydrogen-bond donors (Lipinski definition) is 1. The lowest BCUT2D eigenvalue weighted by Crippen LogP contribution is -2.40. The molecule has 24 heavy (non-hydrogen) atoms. The molecular weight excluding hydrogens is 308 g/mol. The maximum Gasteiger partial charge on any atom is 0.307 e. The predicted octanol–water partition coefficient (Wildman–Crippen LogP) is 2.84. The fraction of sp³-hybridized carbons (Fsp3) is 0.500. The number of nitrogens with one attached hydrogen (secondary N) is 1. The van der Waals surface area contributed by atoms with E-state index in [1.165, 1.54) is 6.92 Å². The Morgan fingerprint density at radius 3 is 2.54 bits per heavy atom. The summed E-state index contributed by atoms with van der Waals surface area (Å²) in [5.74, 6) is -0.674. The van der Waals surface area contributed by atoms with Crippen LogP contribution in [0.4, 0.5) is 5.69 Å². The third-order valence-corrected chi connectivity index (χ3v) is 3.68. The highest BCUT2D eigenvalue weighted by Gasteiger charge is 2.21. The van der Waals surface area contributed by atoms with E-state index in [9.17, 15) is 14.4 Å². The summed E-state index contributed by atoms with van der Waals surface area (Å²) in [5, 5.41) is 2.67. The molecule has 1 aromatic carbocycles. The Morgan fingerprint density at radius 1 is 1.25 bits per heavy atom. The number of nitrogens with zero attached hydrogens (tertiary/aromatic N) is 1. The van der Waals surface area contributed by atoms with Crippen LogP contribution in [0.25, 0.3) is 0 Å². The van der Waals surface area contributed by atoms with Gasteiger partial charge in [0.1, 0.15) is 0 Å². The number of rotatable bonds is 8. The molecule has 6 nitrogen and oxygen atoms in total. The van der Waals surface area contributed by atoms with Gasteiger partial charge in [0.15, 0.2) is 0 Å². The first-order valence-electron chi connectivity index (χ1n) is 8.23. The molecule has 0 aliphatic carbocycles. The van der Waals surface area contributed by atoms with Gasteiger partial charge in [-0.25, -0.2) is 0 Å². The Bertz CT molecular complexity index is 586. The highest BCUT2D eigenvalue weighted by Crippen LogP contribution is 2.16. The molecule has 0 fully saturated rings. The molecule has 0 bridgehead atoms. The van der Waals surface area contributed by atoms with E-state index in [-0.39, 0.29) is 30.2 Å². The van der Waals surface area contributed by atoms with Gasteiger partial charge in [0.05, 0.1) is 13.0 Å². The zero-order valence-electron chi connectivity index (χ0n) is 14.8. The summed E-state index contributed by atoms with van der Waals surface area (Å²) in [5.41, 5.74) is 1.05. The minimum absolute atomic E-state index is 0.00338. The van der Waals surface area contributed by atoms with Crippen molar-refractivity contribution in [1.29, 1.82) is 0 Å². The zero-order valence-corrected chi connectivity index (χ0v) is 14.8. The van der Waals surface area contributed by atoms with Gasteiger partial charge in [0.2, 0.25) is 5.91 Å². The van der Waals surface area contributed by atoms with Crippen LogP contribution in [0.2, 0.25) is 0 Å². The van der Waals surface area contributed by atoms with Gasteiger partial charge in [-0.1, -0.05) is 13.0 Å². The standard InChI is InChI=1S/C18H26N2O4/c1-5-13(3)20(11-10-17(22)24-6-2)18(23)15-8-7-9-16(12-15)19-14(4)21/h7-9,12-13H,5-6,10-11H2,1-4H3,(H,19,21). The summed E-state index contributed by atoms with van der Waals surface area (Å²) in [4.78, 5) is 37.2. The molecule has 2 amide bonds. The summed E-state index contributed by atoms with van der Waals surface area (Å²) in [6.45, 7) is 7.73. The van der Waals surface area contributed by atoms with Gasteiger partial charge in [0, 0.05) is 30.8 Å². The van der Waals surface area contributed by atoms with Crippen molar-refractivity contribution < 1.29 is 19.1 Å². The Kier molecular flexibility index (Phi) is 7.95. The van der Waals surface area contributed by atoms with Crippen LogP contribution < -0.4 is 5.32 Å². The van der Waals surface area contributed by atoms with Crippen LogP contribution in [0, 0.1) is 0 Å². The minimum Gasteiger partial charge on any atom is -0.466 e. The van der Waals surface area contributed by atoms with E-state index >= 15 is 0 Å². The molecule has 0 aliphatic heterocycles. The van der Waals surface area contributed by atoms with Gasteiger partial charge >= 0.3 is 5.97 Å². The first-order chi connectivity index (χ1) is 11.4. The Balaban J connectivity index is 2.91. The van der Waals surface area contributed by atoms with Crippen LogP contribution in [0.5, 0.6) is 0 Å². The SMILES string of the molecule is CCOC(=O)CCN(C(=O)c1cccc(NC(C)=O)c1)C(C)CC. The van der Waals surface area contributed by atoms with Crippen molar-refractivity contribution in [3.05, 3.63) is 29.8 Å². The van der Waals surface area contributed by atoms with Crippen LogP contribution in [0.3, 0.4) is 0 Å². The molecule has 0 aliphatic rings. The monoisotopic (exact) mass is 334 g/mol. The molecule has 0 saturated heterocycles. The number of carbonyl (C=O) groups is 3. The first-order valence-corrected chi connectivity index (χ1v) is 8.23. The fourth-order valence-corrected chi connectivity index (χ4v) is 2.29. The van der Waals surface area contributed by atoms with Gasteiger partial charge in [-0.3, -0.25) is 14.4 Å². The van der Waals surface area contributed by atoms with E-state index < -0.39 is 0 Å². The van der Waals surface area contributed by atoms with E-state index in [1.54, 1.807) is 36.1 Å². The van der Waals surface area contributed by atoms with Crippen molar-refractivity contribution in [3.8, 4) is 0 Å². The number of esters is 1. The van der Waals surface area contributed by atoms with Crippen molar-refractivity contribution in [3.63, 3.8) is 0 Å². The van der Waals surface area contributed by atoms with E-state index in [0.29, 0.717) is 24.4 Å². The van der Waals surface area contributed by atoms with Gasteiger partial charge in [0.25, 0.3) is 5.91 Å². The molecule has 1 N–H and O–H groups in total. The molecule has 0 saturated carbocycles. The van der Waals surface area contributed by atoms with Crippen LogP contribution in [0.1, 0.15) is 50.9 Å². The van der Waals surface area contributed by atoms with E-state index in [1.807, 2.05) is 13.8 Å². The van der Waals surface area contributed by atoms with E-state index in [2.05, 4.69) is 5.32 Å². The molecule has 0 aromatic heterocycles. The Hall–Kier alpha value is -2.37. The number of anilines is 1. The van der Waals surface area contributed by atoms with Gasteiger partial charge in [-0.05, 0) is 38.5 Å². The van der Waals surface area contributed by atoms with Crippen molar-refractivity contribution in [2.75, 3.05) is 18.5 Å². The average Bonchev–Trinajstić information content (AvgIpc) is 2.54. The molecule has 1 aromatic rings. The van der Waals surface area contributed by atoms with Gasteiger partial charge < -0.3 is 15.0 Å². The zero-order chi connectivity index (χ0) is 18.1. The third kappa shape index (κ3) is 6.02. The van der Waals surface area contributed by atoms with Crippen molar-refractivity contribution in [2.24, 2.45) is 0 Å². The molecule has 0 spiro atoms. The third-order valence-electron chi connectivity index (χ3n) is 3.68.